The van der Waals surface area contributed by atoms with Crippen molar-refractivity contribution >= 4 is 10.8 Å². The van der Waals surface area contributed by atoms with Crippen LogP contribution in [0.4, 0.5) is 0 Å². The van der Waals surface area contributed by atoms with Crippen LogP contribution >= 0.6 is 0 Å². The van der Waals surface area contributed by atoms with Crippen LogP contribution in [0, 0.1) is 0 Å². The summed E-state index contributed by atoms with van der Waals surface area (Å²) in [5, 5.41) is 0. The Balaban J connectivity index is 2.11. The van der Waals surface area contributed by atoms with E-state index >= 15 is 0 Å². The highest BCUT2D eigenvalue weighted by Gasteiger charge is 2.06. The Kier molecular flexibility index (Phi) is 4.65. The molecule has 4 nitrogen and oxygen atoms in total. The van der Waals surface area contributed by atoms with E-state index in [2.05, 4.69) is 4.98 Å². The number of hydrogen-bond donors (Lipinski definition) is 1. The summed E-state index contributed by atoms with van der Waals surface area (Å²) < 4.78 is 17.3. The lowest BCUT2D eigenvalue weighted by Crippen LogP contribution is -2.02. The van der Waals surface area contributed by atoms with Crippen molar-refractivity contribution in [2.45, 2.75) is 17.2 Å². The van der Waals surface area contributed by atoms with Crippen molar-refractivity contribution < 1.29 is 8.95 Å². The molecule has 19 heavy (non-hydrogen) atoms. The van der Waals surface area contributed by atoms with Crippen LogP contribution in [0.3, 0.4) is 0 Å². The Morgan fingerprint density at radius 3 is 2.63 bits per heavy atom. The van der Waals surface area contributed by atoms with Crippen molar-refractivity contribution in [1.29, 1.82) is 0 Å². The van der Waals surface area contributed by atoms with Gasteiger partial charge < -0.3 is 10.5 Å². The van der Waals surface area contributed by atoms with E-state index in [1.807, 2.05) is 36.4 Å². The second-order valence-electron chi connectivity index (χ2n) is 4.02. The zero-order valence-electron chi connectivity index (χ0n) is 10.7. The monoisotopic (exact) mass is 276 g/mol. The Hall–Kier alpha value is -1.72. The van der Waals surface area contributed by atoms with Crippen LogP contribution in [0.1, 0.15) is 11.3 Å². The molecule has 1 atom stereocenters. The highest BCUT2D eigenvalue weighted by Crippen LogP contribution is 2.17. The van der Waals surface area contributed by atoms with Gasteiger partial charge in [-0.1, -0.05) is 0 Å². The number of rotatable bonds is 5. The Morgan fingerprint density at radius 2 is 2.00 bits per heavy atom. The van der Waals surface area contributed by atoms with E-state index < -0.39 is 10.8 Å². The molecule has 2 N–H and O–H groups in total. The van der Waals surface area contributed by atoms with Gasteiger partial charge in [-0.2, -0.15) is 0 Å². The fourth-order valence-electron chi connectivity index (χ4n) is 1.69. The predicted octanol–water partition coefficient (Wildman–Crippen LogP) is 1.86. The molecule has 0 spiro atoms. The molecular weight excluding hydrogens is 260 g/mol. The molecule has 2 rings (SSSR count). The molecule has 0 amide bonds. The molecule has 0 saturated carbocycles. The summed E-state index contributed by atoms with van der Waals surface area (Å²) in [4.78, 5) is 4.90. The molecule has 2 aromatic rings. The first-order valence-electron chi connectivity index (χ1n) is 5.89. The van der Waals surface area contributed by atoms with Crippen LogP contribution in [0.5, 0.6) is 5.75 Å². The molecule has 0 aliphatic rings. The van der Waals surface area contributed by atoms with Crippen molar-refractivity contribution in [3.05, 3.63) is 53.9 Å². The van der Waals surface area contributed by atoms with E-state index in [0.29, 0.717) is 12.3 Å². The molecule has 0 radical (unpaired) electrons. The van der Waals surface area contributed by atoms with Crippen LogP contribution in [-0.4, -0.2) is 16.3 Å². The second kappa shape index (κ2) is 6.45. The summed E-state index contributed by atoms with van der Waals surface area (Å²) >= 11 is 0. The third-order valence-corrected chi connectivity index (χ3v) is 4.10. The molecular formula is C14H16N2O2S. The van der Waals surface area contributed by atoms with E-state index in [1.54, 1.807) is 13.3 Å². The largest absolute Gasteiger partial charge is 0.497 e. The van der Waals surface area contributed by atoms with Crippen molar-refractivity contribution in [3.63, 3.8) is 0 Å². The third kappa shape index (κ3) is 3.62. The van der Waals surface area contributed by atoms with Crippen LogP contribution in [0.25, 0.3) is 0 Å². The Labute approximate surface area is 115 Å². The van der Waals surface area contributed by atoms with E-state index in [-0.39, 0.29) is 0 Å². The lowest BCUT2D eigenvalue weighted by Gasteiger charge is -2.05. The summed E-state index contributed by atoms with van der Waals surface area (Å²) in [5.41, 5.74) is 7.33. The second-order valence-corrected chi connectivity index (χ2v) is 5.48. The van der Waals surface area contributed by atoms with Gasteiger partial charge in [-0.3, -0.25) is 9.19 Å². The minimum Gasteiger partial charge on any atom is -0.497 e. The zero-order valence-corrected chi connectivity index (χ0v) is 11.5. The lowest BCUT2D eigenvalue weighted by atomic mass is 10.2. The normalized spacial score (nSPS) is 12.1. The van der Waals surface area contributed by atoms with Gasteiger partial charge in [0.15, 0.2) is 0 Å². The number of hydrogen-bond acceptors (Lipinski definition) is 4. The minimum atomic E-state index is -1.08. The minimum absolute atomic E-state index is 0.392. The molecule has 0 fully saturated rings. The predicted molar refractivity (Wildman–Crippen MR) is 75.2 cm³/mol. The van der Waals surface area contributed by atoms with Gasteiger partial charge in [0.2, 0.25) is 0 Å². The van der Waals surface area contributed by atoms with Gasteiger partial charge in [-0.25, -0.2) is 0 Å². The number of nitrogens with zero attached hydrogens (tertiary/aromatic N) is 1. The maximum atomic E-state index is 12.2. The number of benzene rings is 1. The molecule has 0 bridgehead atoms. The molecule has 0 aliphatic heterocycles. The number of pyridine rings is 1. The van der Waals surface area contributed by atoms with Crippen LogP contribution in [0.2, 0.25) is 0 Å². The van der Waals surface area contributed by atoms with Crippen molar-refractivity contribution in [2.75, 3.05) is 7.11 Å². The van der Waals surface area contributed by atoms with E-state index in [1.165, 1.54) is 0 Å². The maximum Gasteiger partial charge on any atom is 0.118 e. The Bertz CT molecular complexity index is 570. The van der Waals surface area contributed by atoms with Gasteiger partial charge in [0.25, 0.3) is 0 Å². The van der Waals surface area contributed by atoms with Gasteiger partial charge in [-0.05, 0) is 42.0 Å². The SMILES string of the molecule is COc1ccc(S(=O)Cc2ccnc(CN)c2)cc1. The van der Waals surface area contributed by atoms with Crippen LogP contribution in [0.15, 0.2) is 47.5 Å². The van der Waals surface area contributed by atoms with Gasteiger partial charge in [0.05, 0.1) is 29.4 Å². The standard InChI is InChI=1S/C14H16N2O2S/c1-18-13-2-4-14(5-3-13)19(17)10-11-6-7-16-12(8-11)9-15/h2-8H,9-10,15H2,1H3. The van der Waals surface area contributed by atoms with Crippen molar-refractivity contribution in [2.24, 2.45) is 5.73 Å². The smallest absolute Gasteiger partial charge is 0.118 e. The first-order chi connectivity index (χ1) is 9.22. The third-order valence-electron chi connectivity index (χ3n) is 2.71. The highest BCUT2D eigenvalue weighted by atomic mass is 32.2. The molecule has 0 aliphatic carbocycles. The van der Waals surface area contributed by atoms with E-state index in [9.17, 15) is 4.21 Å². The number of methoxy groups -OCH3 is 1. The number of aromatic nitrogens is 1. The molecule has 1 aromatic heterocycles. The van der Waals surface area contributed by atoms with Gasteiger partial charge in [0, 0.05) is 17.6 Å². The maximum absolute atomic E-state index is 12.2. The number of ether oxygens (including phenoxy) is 1. The van der Waals surface area contributed by atoms with Crippen molar-refractivity contribution in [1.82, 2.24) is 4.98 Å². The molecule has 1 heterocycles. The summed E-state index contributed by atoms with van der Waals surface area (Å²) in [5.74, 6) is 1.22. The molecule has 5 heteroatoms. The van der Waals surface area contributed by atoms with Gasteiger partial charge >= 0.3 is 0 Å². The van der Waals surface area contributed by atoms with Crippen molar-refractivity contribution in [3.8, 4) is 5.75 Å². The first-order valence-corrected chi connectivity index (χ1v) is 7.21. The zero-order chi connectivity index (χ0) is 13.7. The van der Waals surface area contributed by atoms with Crippen LogP contribution in [-0.2, 0) is 23.1 Å². The van der Waals surface area contributed by atoms with Gasteiger partial charge in [-0.15, -0.1) is 0 Å². The average molecular weight is 276 g/mol. The summed E-state index contributed by atoms with van der Waals surface area (Å²) in [6.45, 7) is 0.392. The molecule has 0 saturated heterocycles. The lowest BCUT2D eigenvalue weighted by molar-refractivity contribution is 0.414. The van der Waals surface area contributed by atoms with E-state index in [4.69, 9.17) is 10.5 Å². The molecule has 100 valence electrons. The summed E-state index contributed by atoms with van der Waals surface area (Å²) in [7, 11) is 0.529. The molecule has 1 aromatic carbocycles. The Morgan fingerprint density at radius 1 is 1.26 bits per heavy atom. The first kappa shape index (κ1) is 13.7. The fraction of sp³-hybridized carbons (Fsp3) is 0.214. The topological polar surface area (TPSA) is 65.2 Å². The summed E-state index contributed by atoms with van der Waals surface area (Å²) in [6.07, 6.45) is 1.70. The quantitative estimate of drug-likeness (QED) is 0.905. The average Bonchev–Trinajstić information content (AvgIpc) is 2.47. The van der Waals surface area contributed by atoms with E-state index in [0.717, 1.165) is 21.9 Å². The van der Waals surface area contributed by atoms with Crippen LogP contribution < -0.4 is 10.5 Å². The highest BCUT2D eigenvalue weighted by molar-refractivity contribution is 7.84. The molecule has 1 unspecified atom stereocenters. The fourth-order valence-corrected chi connectivity index (χ4v) is 2.78. The van der Waals surface area contributed by atoms with Gasteiger partial charge in [0.1, 0.15) is 5.75 Å². The summed E-state index contributed by atoms with van der Waals surface area (Å²) in [6, 6.07) is 11.0. The number of nitrogens with two attached hydrogens (primary N) is 1.